The molecule has 0 aliphatic rings. The van der Waals surface area contributed by atoms with Crippen LogP contribution < -0.4 is 5.32 Å². The average Bonchev–Trinajstić information content (AvgIpc) is 2.15. The Hall–Kier alpha value is -0.280. The maximum Gasteiger partial charge on any atom is 0.222 e. The van der Waals surface area contributed by atoms with E-state index in [1.54, 1.807) is 0 Å². The van der Waals surface area contributed by atoms with E-state index in [4.69, 9.17) is 0 Å². The molecule has 0 heterocycles. The Bertz CT molecular complexity index is 186. The second kappa shape index (κ2) is 10.8. The fourth-order valence-electron chi connectivity index (χ4n) is 1.73. The lowest BCUT2D eigenvalue weighted by atomic mass is 10.1. The van der Waals surface area contributed by atoms with Crippen molar-refractivity contribution in [2.24, 2.45) is 11.8 Å². The number of nitrogens with one attached hydrogen (secondary N) is 1. The zero-order valence-electron chi connectivity index (χ0n) is 12.0. The standard InChI is InChI=1S/C13H28N2O.ClH/c1-11(2)9-15(10-12(3)4)13(16)7-6-8-14-5;/h11-12,14H,6-10H2,1-5H3;1H. The van der Waals surface area contributed by atoms with Gasteiger partial charge in [-0.05, 0) is 31.8 Å². The van der Waals surface area contributed by atoms with Crippen molar-refractivity contribution in [2.75, 3.05) is 26.7 Å². The SMILES string of the molecule is CNCCCC(=O)N(CC(C)C)CC(C)C.Cl. The first-order valence-corrected chi connectivity index (χ1v) is 6.39. The summed E-state index contributed by atoms with van der Waals surface area (Å²) < 4.78 is 0. The molecular weight excluding hydrogens is 236 g/mol. The van der Waals surface area contributed by atoms with Crippen LogP contribution in [0.1, 0.15) is 40.5 Å². The van der Waals surface area contributed by atoms with E-state index in [9.17, 15) is 4.79 Å². The summed E-state index contributed by atoms with van der Waals surface area (Å²) in [6.45, 7) is 11.3. The van der Waals surface area contributed by atoms with Crippen LogP contribution in [0.4, 0.5) is 0 Å². The largest absolute Gasteiger partial charge is 0.342 e. The molecule has 0 unspecified atom stereocenters. The van der Waals surface area contributed by atoms with Gasteiger partial charge in [-0.25, -0.2) is 0 Å². The summed E-state index contributed by atoms with van der Waals surface area (Å²) >= 11 is 0. The minimum atomic E-state index is 0. The molecule has 0 saturated carbocycles. The molecule has 104 valence electrons. The van der Waals surface area contributed by atoms with Crippen LogP contribution in [0.3, 0.4) is 0 Å². The average molecular weight is 265 g/mol. The Morgan fingerprint density at radius 3 is 1.94 bits per heavy atom. The smallest absolute Gasteiger partial charge is 0.222 e. The molecule has 0 bridgehead atoms. The third-order valence-corrected chi connectivity index (χ3v) is 2.34. The van der Waals surface area contributed by atoms with Crippen molar-refractivity contribution >= 4 is 18.3 Å². The molecule has 0 spiro atoms. The molecule has 0 aliphatic heterocycles. The number of hydrogen-bond acceptors (Lipinski definition) is 2. The quantitative estimate of drug-likeness (QED) is 0.684. The van der Waals surface area contributed by atoms with Gasteiger partial charge in [0, 0.05) is 19.5 Å². The molecule has 0 aromatic rings. The lowest BCUT2D eigenvalue weighted by Crippen LogP contribution is -2.37. The zero-order valence-corrected chi connectivity index (χ0v) is 12.8. The third-order valence-electron chi connectivity index (χ3n) is 2.34. The topological polar surface area (TPSA) is 32.3 Å². The Morgan fingerprint density at radius 1 is 1.12 bits per heavy atom. The second-order valence-electron chi connectivity index (χ2n) is 5.29. The lowest BCUT2D eigenvalue weighted by molar-refractivity contribution is -0.132. The number of halogens is 1. The van der Waals surface area contributed by atoms with Crippen LogP contribution in [0.15, 0.2) is 0 Å². The molecule has 3 nitrogen and oxygen atoms in total. The van der Waals surface area contributed by atoms with Crippen LogP contribution >= 0.6 is 12.4 Å². The van der Waals surface area contributed by atoms with Gasteiger partial charge in [0.25, 0.3) is 0 Å². The summed E-state index contributed by atoms with van der Waals surface area (Å²) in [6.07, 6.45) is 1.60. The number of carbonyl (C=O) groups excluding carboxylic acids is 1. The molecule has 0 rings (SSSR count). The van der Waals surface area contributed by atoms with Crippen LogP contribution in [0.25, 0.3) is 0 Å². The zero-order chi connectivity index (χ0) is 12.6. The molecule has 0 fully saturated rings. The van der Waals surface area contributed by atoms with Crippen molar-refractivity contribution in [1.82, 2.24) is 10.2 Å². The van der Waals surface area contributed by atoms with Gasteiger partial charge >= 0.3 is 0 Å². The van der Waals surface area contributed by atoms with Crippen molar-refractivity contribution < 1.29 is 4.79 Å². The van der Waals surface area contributed by atoms with Crippen molar-refractivity contribution in [3.05, 3.63) is 0 Å². The van der Waals surface area contributed by atoms with E-state index in [0.717, 1.165) is 26.1 Å². The third kappa shape index (κ3) is 10.6. The van der Waals surface area contributed by atoms with E-state index >= 15 is 0 Å². The van der Waals surface area contributed by atoms with E-state index in [2.05, 4.69) is 33.0 Å². The first kappa shape index (κ1) is 19.1. The van der Waals surface area contributed by atoms with Crippen LogP contribution in [0.5, 0.6) is 0 Å². The molecule has 17 heavy (non-hydrogen) atoms. The number of carbonyl (C=O) groups is 1. The van der Waals surface area contributed by atoms with Crippen molar-refractivity contribution in [3.63, 3.8) is 0 Å². The molecule has 0 atom stereocenters. The number of hydrogen-bond donors (Lipinski definition) is 1. The van der Waals surface area contributed by atoms with Crippen LogP contribution in [0, 0.1) is 11.8 Å². The summed E-state index contributed by atoms with van der Waals surface area (Å²) in [7, 11) is 1.92. The van der Waals surface area contributed by atoms with Gasteiger partial charge in [-0.2, -0.15) is 0 Å². The van der Waals surface area contributed by atoms with E-state index in [1.807, 2.05) is 11.9 Å². The first-order chi connectivity index (χ1) is 7.47. The van der Waals surface area contributed by atoms with Gasteiger partial charge in [0.2, 0.25) is 5.91 Å². The highest BCUT2D eigenvalue weighted by Gasteiger charge is 2.15. The molecule has 4 heteroatoms. The maximum atomic E-state index is 12.0. The van der Waals surface area contributed by atoms with Crippen LogP contribution in [-0.4, -0.2) is 37.5 Å². The van der Waals surface area contributed by atoms with E-state index < -0.39 is 0 Å². The molecule has 1 amide bonds. The van der Waals surface area contributed by atoms with Gasteiger partial charge in [0.05, 0.1) is 0 Å². The highest BCUT2D eigenvalue weighted by atomic mass is 35.5. The molecule has 0 aliphatic carbocycles. The summed E-state index contributed by atoms with van der Waals surface area (Å²) in [5, 5.41) is 3.07. The first-order valence-electron chi connectivity index (χ1n) is 6.39. The Morgan fingerprint density at radius 2 is 1.59 bits per heavy atom. The van der Waals surface area contributed by atoms with Crippen molar-refractivity contribution in [3.8, 4) is 0 Å². The van der Waals surface area contributed by atoms with Gasteiger partial charge in [-0.1, -0.05) is 27.7 Å². The van der Waals surface area contributed by atoms with Gasteiger partial charge in [0.1, 0.15) is 0 Å². The molecule has 0 aromatic heterocycles. The van der Waals surface area contributed by atoms with Crippen molar-refractivity contribution in [1.29, 1.82) is 0 Å². The van der Waals surface area contributed by atoms with Gasteiger partial charge in [-0.3, -0.25) is 4.79 Å². The van der Waals surface area contributed by atoms with E-state index in [0.29, 0.717) is 24.2 Å². The van der Waals surface area contributed by atoms with E-state index in [1.165, 1.54) is 0 Å². The van der Waals surface area contributed by atoms with Crippen LogP contribution in [0.2, 0.25) is 0 Å². The summed E-state index contributed by atoms with van der Waals surface area (Å²) in [5.74, 6) is 1.40. The molecule has 0 aromatic carbocycles. The van der Waals surface area contributed by atoms with Crippen molar-refractivity contribution in [2.45, 2.75) is 40.5 Å². The predicted octanol–water partition coefficient (Wildman–Crippen LogP) is 2.55. The molecular formula is C13H29ClN2O. The summed E-state index contributed by atoms with van der Waals surface area (Å²) in [5.41, 5.74) is 0. The Balaban J connectivity index is 0. The predicted molar refractivity (Wildman–Crippen MR) is 76.7 cm³/mol. The lowest BCUT2D eigenvalue weighted by Gasteiger charge is -2.26. The number of amides is 1. The molecule has 0 saturated heterocycles. The maximum absolute atomic E-state index is 12.0. The van der Waals surface area contributed by atoms with E-state index in [-0.39, 0.29) is 12.4 Å². The highest BCUT2D eigenvalue weighted by Crippen LogP contribution is 2.06. The normalized spacial score (nSPS) is 10.5. The minimum Gasteiger partial charge on any atom is -0.342 e. The second-order valence-corrected chi connectivity index (χ2v) is 5.29. The molecule has 1 N–H and O–H groups in total. The Labute approximate surface area is 113 Å². The minimum absolute atomic E-state index is 0. The van der Waals surface area contributed by atoms with Crippen LogP contribution in [-0.2, 0) is 4.79 Å². The summed E-state index contributed by atoms with van der Waals surface area (Å²) in [6, 6.07) is 0. The fourth-order valence-corrected chi connectivity index (χ4v) is 1.73. The Kier molecular flexibility index (Phi) is 12.2. The van der Waals surface area contributed by atoms with Gasteiger partial charge < -0.3 is 10.2 Å². The highest BCUT2D eigenvalue weighted by molar-refractivity contribution is 5.85. The monoisotopic (exact) mass is 264 g/mol. The van der Waals surface area contributed by atoms with Gasteiger partial charge in [0.15, 0.2) is 0 Å². The molecule has 0 radical (unpaired) electrons. The van der Waals surface area contributed by atoms with Gasteiger partial charge in [-0.15, -0.1) is 12.4 Å². The number of rotatable bonds is 8. The fraction of sp³-hybridized carbons (Fsp3) is 0.923. The number of nitrogens with zero attached hydrogens (tertiary/aromatic N) is 1. The summed E-state index contributed by atoms with van der Waals surface area (Å²) in [4.78, 5) is 14.0.